The maximum atomic E-state index is 11.0. The van der Waals surface area contributed by atoms with Crippen LogP contribution >= 0.6 is 39.3 Å². The Morgan fingerprint density at radius 2 is 1.61 bits per heavy atom. The third kappa shape index (κ3) is 18.1. The van der Waals surface area contributed by atoms with E-state index in [1.807, 2.05) is 13.8 Å². The summed E-state index contributed by atoms with van der Waals surface area (Å²) < 4.78 is 34.2. The summed E-state index contributed by atoms with van der Waals surface area (Å²) in [5.74, 6) is 0. The molecule has 0 radical (unpaired) electrons. The van der Waals surface area contributed by atoms with Crippen molar-refractivity contribution in [3.63, 3.8) is 0 Å². The van der Waals surface area contributed by atoms with Gasteiger partial charge in [0.1, 0.15) is 6.54 Å². The van der Waals surface area contributed by atoms with Crippen LogP contribution in [0.5, 0.6) is 0 Å². The van der Waals surface area contributed by atoms with Crippen molar-refractivity contribution < 1.29 is 18.0 Å². The summed E-state index contributed by atoms with van der Waals surface area (Å²) in [6.07, 6.45) is -3.21. The first kappa shape index (κ1) is 32.0. The summed E-state index contributed by atoms with van der Waals surface area (Å²) >= 11 is 9.97. The highest BCUT2D eigenvalue weighted by molar-refractivity contribution is 9.10. The molecular formula is C22H32BrF3N2OS2. The van der Waals surface area contributed by atoms with Gasteiger partial charge in [-0.05, 0) is 43.7 Å². The molecule has 0 bridgehead atoms. The van der Waals surface area contributed by atoms with Crippen molar-refractivity contribution in [3.8, 4) is 0 Å². The highest BCUT2D eigenvalue weighted by Gasteiger charge is 2.25. The van der Waals surface area contributed by atoms with Crippen molar-refractivity contribution in [2.24, 2.45) is 0 Å². The Labute approximate surface area is 203 Å². The molecule has 2 aromatic carbocycles. The lowest BCUT2D eigenvalue weighted by atomic mass is 10.1. The zero-order valence-electron chi connectivity index (χ0n) is 18.2. The standard InChI is InChI=1S/C17H20BrN.C3H4F3NO.C2H6.H2S2/c1-14(11-16-9-6-10-17(18)12-16)19(2)13-15-7-4-3-5-8-15;4-3(5,6)1-7-2-8;2*1-2/h3-10,12,14H,11,13H2,1-2H3;2H,1H2,(H,7,8);1-2H3;1-2H. The molecule has 2 rings (SSSR count). The molecule has 1 N–H and O–H groups in total. The summed E-state index contributed by atoms with van der Waals surface area (Å²) in [6.45, 7) is 6.02. The topological polar surface area (TPSA) is 32.3 Å². The molecule has 0 saturated carbocycles. The minimum Gasteiger partial charge on any atom is -0.350 e. The molecule has 0 aliphatic carbocycles. The third-order valence-electron chi connectivity index (χ3n) is 3.83. The first-order chi connectivity index (χ1) is 14.7. The average molecular weight is 542 g/mol. The Morgan fingerprint density at radius 3 is 2.06 bits per heavy atom. The molecule has 176 valence electrons. The fourth-order valence-corrected chi connectivity index (χ4v) is 2.79. The van der Waals surface area contributed by atoms with E-state index in [0.717, 1.165) is 17.4 Å². The van der Waals surface area contributed by atoms with Crippen LogP contribution in [0.2, 0.25) is 0 Å². The fourth-order valence-electron chi connectivity index (χ4n) is 2.35. The predicted octanol–water partition coefficient (Wildman–Crippen LogP) is 6.59. The maximum absolute atomic E-state index is 11.0. The summed E-state index contributed by atoms with van der Waals surface area (Å²) in [7, 11) is 2.19. The second-order valence-electron chi connectivity index (χ2n) is 6.20. The number of carbonyl (C=O) groups is 1. The number of likely N-dealkylation sites (N-methyl/N-ethyl adjacent to an activating group) is 1. The van der Waals surface area contributed by atoms with Gasteiger partial charge in [-0.1, -0.05) is 72.2 Å². The van der Waals surface area contributed by atoms with Gasteiger partial charge in [0.2, 0.25) is 6.41 Å². The number of rotatable bonds is 7. The lowest BCUT2D eigenvalue weighted by Crippen LogP contribution is -2.30. The number of amides is 1. The van der Waals surface area contributed by atoms with Crippen LogP contribution in [0.15, 0.2) is 59.1 Å². The van der Waals surface area contributed by atoms with Crippen molar-refractivity contribution in [1.29, 1.82) is 0 Å². The monoisotopic (exact) mass is 540 g/mol. The van der Waals surface area contributed by atoms with Gasteiger partial charge in [0.25, 0.3) is 0 Å². The molecule has 31 heavy (non-hydrogen) atoms. The Balaban J connectivity index is 0. The zero-order chi connectivity index (χ0) is 24.3. The van der Waals surface area contributed by atoms with Gasteiger partial charge >= 0.3 is 6.18 Å². The molecule has 9 heteroatoms. The number of benzene rings is 2. The van der Waals surface area contributed by atoms with Gasteiger partial charge in [0.15, 0.2) is 0 Å². The highest BCUT2D eigenvalue weighted by Crippen LogP contribution is 2.15. The van der Waals surface area contributed by atoms with Crippen molar-refractivity contribution in [3.05, 3.63) is 70.2 Å². The number of thiol groups is 2. The van der Waals surface area contributed by atoms with Crippen LogP contribution in [0.25, 0.3) is 0 Å². The minimum atomic E-state index is -4.29. The number of halogens is 4. The summed E-state index contributed by atoms with van der Waals surface area (Å²) in [5.41, 5.74) is 2.74. The zero-order valence-corrected chi connectivity index (χ0v) is 21.6. The Morgan fingerprint density at radius 1 is 1.06 bits per heavy atom. The summed E-state index contributed by atoms with van der Waals surface area (Å²) in [5, 5.41) is 1.48. The van der Waals surface area contributed by atoms with Crippen LogP contribution in [-0.4, -0.2) is 37.1 Å². The van der Waals surface area contributed by atoms with E-state index in [4.69, 9.17) is 0 Å². The van der Waals surface area contributed by atoms with E-state index in [0.29, 0.717) is 6.04 Å². The number of nitrogens with zero attached hydrogens (tertiary/aromatic N) is 1. The lowest BCUT2D eigenvalue weighted by Gasteiger charge is -2.25. The van der Waals surface area contributed by atoms with Gasteiger partial charge in [-0.25, -0.2) is 0 Å². The van der Waals surface area contributed by atoms with Crippen molar-refractivity contribution in [1.82, 2.24) is 10.2 Å². The van der Waals surface area contributed by atoms with E-state index in [9.17, 15) is 18.0 Å². The minimum absolute atomic E-state index is 0.00743. The van der Waals surface area contributed by atoms with Gasteiger partial charge in [0.05, 0.1) is 0 Å². The number of nitrogens with one attached hydrogen (secondary N) is 1. The summed E-state index contributed by atoms with van der Waals surface area (Å²) in [6, 6.07) is 19.7. The SMILES string of the molecule is CC.CC(Cc1cccc(Br)c1)N(C)Cc1ccccc1.O=CNCC(F)(F)F.SS. The number of hydrogen-bond donors (Lipinski definition) is 3. The molecule has 1 atom stereocenters. The second-order valence-corrected chi connectivity index (χ2v) is 7.11. The molecule has 0 aliphatic heterocycles. The second kappa shape index (κ2) is 19.5. The average Bonchev–Trinajstić information content (AvgIpc) is 2.76. The van der Waals surface area contributed by atoms with E-state index in [1.165, 1.54) is 16.4 Å². The van der Waals surface area contributed by atoms with Gasteiger partial charge in [0, 0.05) is 17.1 Å². The van der Waals surface area contributed by atoms with Gasteiger partial charge in [-0.2, -0.15) is 13.2 Å². The first-order valence-corrected chi connectivity index (χ1v) is 12.0. The molecule has 0 spiro atoms. The molecule has 3 nitrogen and oxygen atoms in total. The highest BCUT2D eigenvalue weighted by atomic mass is 79.9. The van der Waals surface area contributed by atoms with Gasteiger partial charge < -0.3 is 5.32 Å². The fraction of sp³-hybridized carbons (Fsp3) is 0.409. The van der Waals surface area contributed by atoms with Crippen LogP contribution in [0.3, 0.4) is 0 Å². The number of hydrogen-bond acceptors (Lipinski definition) is 4. The summed E-state index contributed by atoms with van der Waals surface area (Å²) in [4.78, 5) is 11.6. The molecule has 0 saturated heterocycles. The molecule has 2 aromatic rings. The van der Waals surface area contributed by atoms with Crippen LogP contribution in [-0.2, 0) is 17.8 Å². The Bertz CT molecular complexity index is 692. The van der Waals surface area contributed by atoms with E-state index in [2.05, 4.69) is 113 Å². The van der Waals surface area contributed by atoms with Crippen molar-refractivity contribution >= 4 is 45.7 Å². The Kier molecular flexibility index (Phi) is 20.2. The molecule has 0 fully saturated rings. The normalized spacial score (nSPS) is 10.9. The van der Waals surface area contributed by atoms with Gasteiger partial charge in [-0.15, -0.1) is 23.3 Å². The van der Waals surface area contributed by atoms with Crippen LogP contribution in [0, 0.1) is 0 Å². The largest absolute Gasteiger partial charge is 0.405 e. The maximum Gasteiger partial charge on any atom is 0.405 e. The molecule has 0 aliphatic rings. The van der Waals surface area contributed by atoms with Crippen molar-refractivity contribution in [2.45, 2.75) is 46.0 Å². The Hall–Kier alpha value is -1.16. The smallest absolute Gasteiger partial charge is 0.350 e. The first-order valence-electron chi connectivity index (χ1n) is 9.63. The van der Waals surface area contributed by atoms with Crippen molar-refractivity contribution in [2.75, 3.05) is 13.6 Å². The van der Waals surface area contributed by atoms with Gasteiger partial charge in [-0.3, -0.25) is 9.69 Å². The molecule has 1 amide bonds. The van der Waals surface area contributed by atoms with E-state index >= 15 is 0 Å². The van der Waals surface area contributed by atoms with E-state index < -0.39 is 12.7 Å². The lowest BCUT2D eigenvalue weighted by molar-refractivity contribution is -0.132. The quantitative estimate of drug-likeness (QED) is 0.210. The van der Waals surface area contributed by atoms with Crippen LogP contribution < -0.4 is 5.32 Å². The number of carbonyl (C=O) groups excluding carboxylic acids is 1. The third-order valence-corrected chi connectivity index (χ3v) is 4.33. The molecule has 0 heterocycles. The molecular weight excluding hydrogens is 509 g/mol. The van der Waals surface area contributed by atoms with E-state index in [1.54, 1.807) is 0 Å². The van der Waals surface area contributed by atoms with Crippen LogP contribution in [0.1, 0.15) is 31.9 Å². The molecule has 1 unspecified atom stereocenters. The van der Waals surface area contributed by atoms with E-state index in [-0.39, 0.29) is 6.41 Å². The number of alkyl halides is 3. The molecule has 0 aromatic heterocycles. The predicted molar refractivity (Wildman–Crippen MR) is 135 cm³/mol. The van der Waals surface area contributed by atoms with Crippen LogP contribution in [0.4, 0.5) is 13.2 Å².